The van der Waals surface area contributed by atoms with E-state index in [-0.39, 0.29) is 11.7 Å². The summed E-state index contributed by atoms with van der Waals surface area (Å²) >= 11 is 0. The van der Waals surface area contributed by atoms with Crippen LogP contribution in [0.25, 0.3) is 6.08 Å². The first-order valence-electron chi connectivity index (χ1n) is 9.14. The lowest BCUT2D eigenvalue weighted by molar-refractivity contribution is -0.125. The Morgan fingerprint density at radius 1 is 1.04 bits per heavy atom. The van der Waals surface area contributed by atoms with Crippen LogP contribution in [0.4, 0.5) is 10.1 Å². The zero-order valence-corrected chi connectivity index (χ0v) is 15.2. The smallest absolute Gasteiger partial charge is 0.246 e. The zero-order valence-electron chi connectivity index (χ0n) is 15.2. The molecule has 136 valence electrons. The molecule has 0 N–H and O–H groups in total. The van der Waals surface area contributed by atoms with Crippen molar-refractivity contribution in [2.75, 3.05) is 25.0 Å². The fraction of sp³-hybridized carbons (Fsp3) is 0.318. The fourth-order valence-corrected chi connectivity index (χ4v) is 3.18. The summed E-state index contributed by atoms with van der Waals surface area (Å²) in [7, 11) is 1.79. The summed E-state index contributed by atoms with van der Waals surface area (Å²) in [6.45, 7) is 2.82. The number of piperidine rings is 1. The highest BCUT2D eigenvalue weighted by Crippen LogP contribution is 2.20. The molecule has 3 rings (SSSR count). The highest BCUT2D eigenvalue weighted by Gasteiger charge is 2.11. The second-order valence-electron chi connectivity index (χ2n) is 6.79. The highest BCUT2D eigenvalue weighted by molar-refractivity contribution is 5.91. The summed E-state index contributed by atoms with van der Waals surface area (Å²) in [5, 5.41) is 0. The molecule has 2 aromatic carbocycles. The molecule has 1 aliphatic heterocycles. The van der Waals surface area contributed by atoms with E-state index in [0.29, 0.717) is 6.54 Å². The number of anilines is 1. The van der Waals surface area contributed by atoms with E-state index < -0.39 is 0 Å². The molecule has 0 aromatic heterocycles. The molecular weight excluding hydrogens is 327 g/mol. The van der Waals surface area contributed by atoms with Crippen molar-refractivity contribution in [2.45, 2.75) is 25.8 Å². The van der Waals surface area contributed by atoms with Gasteiger partial charge in [0.2, 0.25) is 5.91 Å². The van der Waals surface area contributed by atoms with Crippen LogP contribution in [-0.2, 0) is 11.3 Å². The van der Waals surface area contributed by atoms with Crippen LogP contribution in [0.1, 0.15) is 30.4 Å². The molecule has 0 unspecified atom stereocenters. The molecule has 1 amide bonds. The number of hydrogen-bond donors (Lipinski definition) is 0. The first-order valence-corrected chi connectivity index (χ1v) is 9.14. The standard InChI is InChI=1S/C22H25FN2O/c1-24(22(26)14-9-18-5-10-20(23)11-6-18)17-19-7-12-21(13-8-19)25-15-3-2-4-16-25/h5-14H,2-4,15-17H2,1H3/b14-9+. The Bertz CT molecular complexity index is 747. The molecule has 26 heavy (non-hydrogen) atoms. The van der Waals surface area contributed by atoms with Crippen LogP contribution >= 0.6 is 0 Å². The van der Waals surface area contributed by atoms with Crippen molar-refractivity contribution in [3.63, 3.8) is 0 Å². The molecule has 1 heterocycles. The van der Waals surface area contributed by atoms with Gasteiger partial charge in [-0.3, -0.25) is 4.79 Å². The number of carbonyl (C=O) groups is 1. The first-order chi connectivity index (χ1) is 12.6. The normalized spacial score (nSPS) is 14.6. The van der Waals surface area contributed by atoms with Crippen molar-refractivity contribution in [1.29, 1.82) is 0 Å². The van der Waals surface area contributed by atoms with Crippen LogP contribution in [0.15, 0.2) is 54.6 Å². The highest BCUT2D eigenvalue weighted by atomic mass is 19.1. The van der Waals surface area contributed by atoms with Crippen molar-refractivity contribution in [2.24, 2.45) is 0 Å². The fourth-order valence-electron chi connectivity index (χ4n) is 3.18. The van der Waals surface area contributed by atoms with Gasteiger partial charge in [-0.15, -0.1) is 0 Å². The quantitative estimate of drug-likeness (QED) is 0.741. The third kappa shape index (κ3) is 4.94. The molecule has 3 nitrogen and oxygen atoms in total. The minimum absolute atomic E-state index is 0.0746. The van der Waals surface area contributed by atoms with Gasteiger partial charge >= 0.3 is 0 Å². The molecule has 0 radical (unpaired) electrons. The van der Waals surface area contributed by atoms with Gasteiger partial charge in [0.25, 0.3) is 0 Å². The number of carbonyl (C=O) groups excluding carboxylic acids is 1. The third-order valence-electron chi connectivity index (χ3n) is 4.74. The van der Waals surface area contributed by atoms with Crippen molar-refractivity contribution in [3.05, 3.63) is 71.6 Å². The molecule has 4 heteroatoms. The molecule has 0 saturated carbocycles. The van der Waals surface area contributed by atoms with Gasteiger partial charge in [0.05, 0.1) is 0 Å². The number of benzene rings is 2. The summed E-state index contributed by atoms with van der Waals surface area (Å²) in [5.41, 5.74) is 3.18. The number of amides is 1. The summed E-state index contributed by atoms with van der Waals surface area (Å²) in [4.78, 5) is 16.4. The molecule has 1 fully saturated rings. The van der Waals surface area contributed by atoms with Crippen LogP contribution < -0.4 is 4.90 Å². The summed E-state index contributed by atoms with van der Waals surface area (Å²) in [5.74, 6) is -0.354. The van der Waals surface area contributed by atoms with Crippen LogP contribution in [0.5, 0.6) is 0 Å². The molecular formula is C22H25FN2O. The zero-order chi connectivity index (χ0) is 18.4. The van der Waals surface area contributed by atoms with Crippen molar-refractivity contribution in [3.8, 4) is 0 Å². The van der Waals surface area contributed by atoms with Crippen LogP contribution in [0, 0.1) is 5.82 Å². The van der Waals surface area contributed by atoms with Crippen molar-refractivity contribution >= 4 is 17.7 Å². The number of halogens is 1. The van der Waals surface area contributed by atoms with Gasteiger partial charge in [-0.05, 0) is 60.7 Å². The molecule has 0 spiro atoms. The van der Waals surface area contributed by atoms with Crippen LogP contribution in [0.2, 0.25) is 0 Å². The Morgan fingerprint density at radius 2 is 1.69 bits per heavy atom. The van der Waals surface area contributed by atoms with E-state index in [4.69, 9.17) is 0 Å². The van der Waals surface area contributed by atoms with Crippen LogP contribution in [-0.4, -0.2) is 30.9 Å². The second-order valence-corrected chi connectivity index (χ2v) is 6.79. The largest absolute Gasteiger partial charge is 0.372 e. The number of hydrogen-bond acceptors (Lipinski definition) is 2. The Hall–Kier alpha value is -2.62. The third-order valence-corrected chi connectivity index (χ3v) is 4.74. The van der Waals surface area contributed by atoms with E-state index in [2.05, 4.69) is 29.2 Å². The van der Waals surface area contributed by atoms with Gasteiger partial charge in [0.1, 0.15) is 5.82 Å². The predicted molar refractivity (Wildman–Crippen MR) is 104 cm³/mol. The number of rotatable bonds is 5. The van der Waals surface area contributed by atoms with E-state index in [9.17, 15) is 9.18 Å². The average molecular weight is 352 g/mol. The van der Waals surface area contributed by atoms with Crippen LogP contribution in [0.3, 0.4) is 0 Å². The maximum atomic E-state index is 12.9. The number of likely N-dealkylation sites (N-methyl/N-ethyl adjacent to an activating group) is 1. The van der Waals surface area contributed by atoms with E-state index >= 15 is 0 Å². The molecule has 0 aliphatic carbocycles. The lowest BCUT2D eigenvalue weighted by Crippen LogP contribution is -2.29. The SMILES string of the molecule is CN(Cc1ccc(N2CCCCC2)cc1)C(=O)/C=C/c1ccc(F)cc1. The Morgan fingerprint density at radius 3 is 2.35 bits per heavy atom. The van der Waals surface area contributed by atoms with Crippen molar-refractivity contribution < 1.29 is 9.18 Å². The molecule has 1 aliphatic rings. The Balaban J connectivity index is 1.55. The van der Waals surface area contributed by atoms with Gasteiger partial charge in [0, 0.05) is 38.4 Å². The lowest BCUT2D eigenvalue weighted by atomic mass is 10.1. The summed E-state index contributed by atoms with van der Waals surface area (Å²) in [6.07, 6.45) is 7.08. The summed E-state index contributed by atoms with van der Waals surface area (Å²) in [6, 6.07) is 14.6. The minimum Gasteiger partial charge on any atom is -0.372 e. The maximum Gasteiger partial charge on any atom is 0.246 e. The van der Waals surface area contributed by atoms with Gasteiger partial charge in [0.15, 0.2) is 0 Å². The molecule has 0 atom stereocenters. The van der Waals surface area contributed by atoms with Gasteiger partial charge in [-0.1, -0.05) is 24.3 Å². The van der Waals surface area contributed by atoms with E-state index in [1.165, 1.54) is 43.2 Å². The van der Waals surface area contributed by atoms with E-state index in [0.717, 1.165) is 24.2 Å². The molecule has 1 saturated heterocycles. The maximum absolute atomic E-state index is 12.9. The number of nitrogens with zero attached hydrogens (tertiary/aromatic N) is 2. The van der Waals surface area contributed by atoms with Gasteiger partial charge < -0.3 is 9.80 Å². The lowest BCUT2D eigenvalue weighted by Gasteiger charge is -2.29. The van der Waals surface area contributed by atoms with Gasteiger partial charge in [-0.25, -0.2) is 4.39 Å². The summed E-state index contributed by atoms with van der Waals surface area (Å²) < 4.78 is 12.9. The monoisotopic (exact) mass is 352 g/mol. The average Bonchev–Trinajstić information content (AvgIpc) is 2.68. The Labute approximate surface area is 154 Å². The first kappa shape index (κ1) is 18.2. The van der Waals surface area contributed by atoms with Crippen molar-refractivity contribution in [1.82, 2.24) is 4.90 Å². The topological polar surface area (TPSA) is 23.6 Å². The van der Waals surface area contributed by atoms with Gasteiger partial charge in [-0.2, -0.15) is 0 Å². The second kappa shape index (κ2) is 8.65. The Kier molecular flexibility index (Phi) is 6.05. The molecule has 0 bridgehead atoms. The minimum atomic E-state index is -0.279. The van der Waals surface area contributed by atoms with E-state index in [1.807, 2.05) is 0 Å². The van der Waals surface area contributed by atoms with E-state index in [1.54, 1.807) is 30.2 Å². The predicted octanol–water partition coefficient (Wildman–Crippen LogP) is 4.49. The molecule has 2 aromatic rings.